The van der Waals surface area contributed by atoms with Gasteiger partial charge in [-0.05, 0) is 30.6 Å². The second-order valence-electron chi connectivity index (χ2n) is 6.28. The fraction of sp³-hybridized carbons (Fsp3) is 0.769. The molecule has 3 aliphatic rings. The fourth-order valence-electron chi connectivity index (χ4n) is 3.56. The van der Waals surface area contributed by atoms with Crippen molar-refractivity contribution in [2.75, 3.05) is 5.75 Å². The van der Waals surface area contributed by atoms with Crippen LogP contribution >= 0.6 is 11.8 Å². The van der Waals surface area contributed by atoms with Crippen LogP contribution in [0.4, 0.5) is 0 Å². The van der Waals surface area contributed by atoms with Crippen LogP contribution in [-0.2, 0) is 4.79 Å². The molecule has 1 amide bonds. The van der Waals surface area contributed by atoms with Gasteiger partial charge in [0, 0.05) is 11.1 Å². The highest BCUT2D eigenvalue weighted by molar-refractivity contribution is 8.15. The monoisotopic (exact) mass is 265 g/mol. The highest BCUT2D eigenvalue weighted by atomic mass is 32.2. The third-order valence-corrected chi connectivity index (χ3v) is 6.22. The van der Waals surface area contributed by atoms with Gasteiger partial charge in [0.1, 0.15) is 0 Å². The first-order valence-electron chi connectivity index (χ1n) is 6.51. The summed E-state index contributed by atoms with van der Waals surface area (Å²) in [4.78, 5) is 11.1. The number of carbonyl (C=O) groups excluding carboxylic acids is 1. The summed E-state index contributed by atoms with van der Waals surface area (Å²) in [6.45, 7) is 7.03. The van der Waals surface area contributed by atoms with Crippen molar-refractivity contribution in [3.8, 4) is 0 Å². The Morgan fingerprint density at radius 3 is 2.61 bits per heavy atom. The standard InChI is InChI=1S/C13H19N3OS/c1-12(2)8-4-5-13(12,3)9(6-8)15-16-11-14-10(17)7-18-11/h8H,4-7H2,1-3H3,(H,14,16,17)/b15-9+. The molecule has 5 heteroatoms. The van der Waals surface area contributed by atoms with Crippen LogP contribution in [0.3, 0.4) is 0 Å². The molecule has 3 rings (SSSR count). The second kappa shape index (κ2) is 3.83. The highest BCUT2D eigenvalue weighted by Gasteiger charge is 2.60. The number of nitrogens with zero attached hydrogens (tertiary/aromatic N) is 2. The van der Waals surface area contributed by atoms with Crippen LogP contribution in [0.2, 0.25) is 0 Å². The molecule has 2 unspecified atom stereocenters. The van der Waals surface area contributed by atoms with Gasteiger partial charge >= 0.3 is 0 Å². The predicted molar refractivity (Wildman–Crippen MR) is 74.7 cm³/mol. The Bertz CT molecular complexity index is 469. The molecule has 3 fully saturated rings. The van der Waals surface area contributed by atoms with E-state index < -0.39 is 0 Å². The zero-order valence-electron chi connectivity index (χ0n) is 11.1. The lowest BCUT2D eigenvalue weighted by Crippen LogP contribution is -2.32. The van der Waals surface area contributed by atoms with E-state index in [1.807, 2.05) is 0 Å². The Morgan fingerprint density at radius 2 is 2.11 bits per heavy atom. The summed E-state index contributed by atoms with van der Waals surface area (Å²) < 4.78 is 0. The van der Waals surface area contributed by atoms with Gasteiger partial charge in [-0.3, -0.25) is 4.79 Å². The Labute approximate surface area is 112 Å². The quantitative estimate of drug-likeness (QED) is 0.740. The number of carbonyl (C=O) groups is 1. The molecule has 0 radical (unpaired) electrons. The van der Waals surface area contributed by atoms with Crippen molar-refractivity contribution < 1.29 is 4.79 Å². The number of amides is 1. The zero-order chi connectivity index (χ0) is 13.0. The molecule has 1 heterocycles. The maximum absolute atomic E-state index is 11.1. The van der Waals surface area contributed by atoms with Gasteiger partial charge in [0.25, 0.3) is 0 Å². The van der Waals surface area contributed by atoms with Gasteiger partial charge in [-0.15, -0.1) is 5.10 Å². The largest absolute Gasteiger partial charge is 0.303 e. The molecule has 0 aromatic rings. The van der Waals surface area contributed by atoms with Crippen LogP contribution < -0.4 is 5.32 Å². The number of hydrogen-bond donors (Lipinski definition) is 1. The van der Waals surface area contributed by atoms with Crippen molar-refractivity contribution in [1.82, 2.24) is 5.32 Å². The third-order valence-electron chi connectivity index (χ3n) is 5.36. The number of amidine groups is 1. The summed E-state index contributed by atoms with van der Waals surface area (Å²) in [5.74, 6) is 1.24. The van der Waals surface area contributed by atoms with Gasteiger partial charge in [-0.2, -0.15) is 5.10 Å². The van der Waals surface area contributed by atoms with E-state index in [9.17, 15) is 4.79 Å². The third kappa shape index (κ3) is 1.56. The van der Waals surface area contributed by atoms with Crippen molar-refractivity contribution in [2.24, 2.45) is 27.0 Å². The topological polar surface area (TPSA) is 53.8 Å². The SMILES string of the molecule is CC12CCC(C/C1=N\N=C1\NC(=O)CS1)C2(C)C. The predicted octanol–water partition coefficient (Wildman–Crippen LogP) is 2.41. The Morgan fingerprint density at radius 1 is 1.33 bits per heavy atom. The summed E-state index contributed by atoms with van der Waals surface area (Å²) in [5.41, 5.74) is 1.74. The molecule has 4 nitrogen and oxygen atoms in total. The van der Waals surface area contributed by atoms with Crippen molar-refractivity contribution in [3.63, 3.8) is 0 Å². The fourth-order valence-corrected chi connectivity index (χ4v) is 4.19. The van der Waals surface area contributed by atoms with Gasteiger partial charge in [-0.1, -0.05) is 32.5 Å². The summed E-state index contributed by atoms with van der Waals surface area (Å²) in [6, 6.07) is 0. The Kier molecular flexibility index (Phi) is 2.59. The molecule has 0 spiro atoms. The van der Waals surface area contributed by atoms with E-state index in [0.717, 1.165) is 12.3 Å². The van der Waals surface area contributed by atoms with Crippen LogP contribution in [0.25, 0.3) is 0 Å². The summed E-state index contributed by atoms with van der Waals surface area (Å²) >= 11 is 1.43. The van der Waals surface area contributed by atoms with Crippen molar-refractivity contribution in [2.45, 2.75) is 40.0 Å². The minimum atomic E-state index is 0.0263. The number of thioether (sulfide) groups is 1. The molecule has 98 valence electrons. The lowest BCUT2D eigenvalue weighted by Gasteiger charge is -2.34. The molecule has 2 atom stereocenters. The number of fused-ring (bicyclic) bond motifs is 2. The van der Waals surface area contributed by atoms with Gasteiger partial charge in [0.15, 0.2) is 5.17 Å². The average Bonchev–Trinajstić information content (AvgIpc) is 2.87. The minimum absolute atomic E-state index is 0.0263. The van der Waals surface area contributed by atoms with Crippen LogP contribution in [0, 0.1) is 16.7 Å². The van der Waals surface area contributed by atoms with Crippen LogP contribution in [0.1, 0.15) is 40.0 Å². The lowest BCUT2D eigenvalue weighted by atomic mass is 9.70. The van der Waals surface area contributed by atoms with E-state index in [1.165, 1.54) is 30.3 Å². The van der Waals surface area contributed by atoms with Crippen LogP contribution in [0.15, 0.2) is 10.2 Å². The van der Waals surface area contributed by atoms with Gasteiger partial charge in [0.05, 0.1) is 5.75 Å². The molecule has 2 saturated carbocycles. The first-order chi connectivity index (χ1) is 8.43. The first-order valence-corrected chi connectivity index (χ1v) is 7.50. The maximum atomic E-state index is 11.1. The van der Waals surface area contributed by atoms with Gasteiger partial charge in [0.2, 0.25) is 5.91 Å². The normalized spacial score (nSPS) is 41.9. The first kappa shape index (κ1) is 12.2. The van der Waals surface area contributed by atoms with E-state index in [2.05, 4.69) is 36.3 Å². The molecule has 0 aromatic heterocycles. The zero-order valence-corrected chi connectivity index (χ0v) is 11.9. The highest BCUT2D eigenvalue weighted by Crippen LogP contribution is 2.63. The van der Waals surface area contributed by atoms with Gasteiger partial charge in [-0.25, -0.2) is 0 Å². The molecular weight excluding hydrogens is 246 g/mol. The Hall–Kier alpha value is -0.840. The smallest absolute Gasteiger partial charge is 0.236 e. The maximum Gasteiger partial charge on any atom is 0.236 e. The Balaban J connectivity index is 1.85. The van der Waals surface area contributed by atoms with Crippen molar-refractivity contribution >= 4 is 28.5 Å². The van der Waals surface area contributed by atoms with Crippen LogP contribution in [-0.4, -0.2) is 22.5 Å². The molecule has 1 N–H and O–H groups in total. The van der Waals surface area contributed by atoms with E-state index in [-0.39, 0.29) is 11.3 Å². The number of hydrogen-bond acceptors (Lipinski definition) is 4. The summed E-state index contributed by atoms with van der Waals surface area (Å²) in [5, 5.41) is 12.1. The van der Waals surface area contributed by atoms with E-state index in [0.29, 0.717) is 16.3 Å². The van der Waals surface area contributed by atoms with Gasteiger partial charge < -0.3 is 5.32 Å². The summed E-state index contributed by atoms with van der Waals surface area (Å²) in [7, 11) is 0. The lowest BCUT2D eigenvalue weighted by molar-refractivity contribution is -0.116. The summed E-state index contributed by atoms with van der Waals surface area (Å²) in [6.07, 6.45) is 3.59. The molecule has 1 aliphatic heterocycles. The molecular formula is C13H19N3OS. The molecule has 2 bridgehead atoms. The second-order valence-corrected chi connectivity index (χ2v) is 7.25. The van der Waals surface area contributed by atoms with E-state index >= 15 is 0 Å². The van der Waals surface area contributed by atoms with E-state index in [4.69, 9.17) is 0 Å². The molecule has 0 aromatic carbocycles. The molecule has 18 heavy (non-hydrogen) atoms. The number of rotatable bonds is 1. The van der Waals surface area contributed by atoms with Crippen molar-refractivity contribution in [1.29, 1.82) is 0 Å². The van der Waals surface area contributed by atoms with E-state index in [1.54, 1.807) is 0 Å². The minimum Gasteiger partial charge on any atom is -0.303 e. The number of nitrogens with one attached hydrogen (secondary N) is 1. The molecule has 1 saturated heterocycles. The average molecular weight is 265 g/mol. The van der Waals surface area contributed by atoms with Crippen LogP contribution in [0.5, 0.6) is 0 Å². The molecule has 2 aliphatic carbocycles. The van der Waals surface area contributed by atoms with Crippen molar-refractivity contribution in [3.05, 3.63) is 0 Å².